The minimum atomic E-state index is 0.836. The van der Waals surface area contributed by atoms with Gasteiger partial charge in [0.1, 0.15) is 5.82 Å². The first kappa shape index (κ1) is 9.33. The fraction of sp³-hybridized carbons (Fsp3) is 0.231. The van der Waals surface area contributed by atoms with Gasteiger partial charge in [0, 0.05) is 19.0 Å². The number of nitrogens with one attached hydrogen (secondary N) is 1. The summed E-state index contributed by atoms with van der Waals surface area (Å²) in [4.78, 5) is 0. The highest BCUT2D eigenvalue weighted by molar-refractivity contribution is 5.74. The van der Waals surface area contributed by atoms with Crippen LogP contribution in [0.1, 0.15) is 16.7 Å². The van der Waals surface area contributed by atoms with Gasteiger partial charge in [-0.2, -0.15) is 0 Å². The van der Waals surface area contributed by atoms with E-state index in [-0.39, 0.29) is 0 Å². The molecule has 0 amide bonds. The van der Waals surface area contributed by atoms with Gasteiger partial charge in [0.05, 0.1) is 5.69 Å². The number of rotatable bonds is 1. The number of anilines is 1. The molecular formula is C13H13N3. The third-order valence-corrected chi connectivity index (χ3v) is 3.03. The minimum absolute atomic E-state index is 0.836. The van der Waals surface area contributed by atoms with Gasteiger partial charge in [0.15, 0.2) is 0 Å². The van der Waals surface area contributed by atoms with Crippen LogP contribution in [0.25, 0.3) is 11.3 Å². The lowest BCUT2D eigenvalue weighted by Crippen LogP contribution is -1.96. The lowest BCUT2D eigenvalue weighted by molar-refractivity contribution is 1.02. The molecule has 80 valence electrons. The molecule has 3 rings (SSSR count). The van der Waals surface area contributed by atoms with Crippen molar-refractivity contribution in [3.63, 3.8) is 0 Å². The van der Waals surface area contributed by atoms with Crippen LogP contribution in [0.5, 0.6) is 0 Å². The van der Waals surface area contributed by atoms with Crippen molar-refractivity contribution < 1.29 is 0 Å². The molecule has 3 heteroatoms. The van der Waals surface area contributed by atoms with Crippen LogP contribution in [0.3, 0.4) is 0 Å². The van der Waals surface area contributed by atoms with Gasteiger partial charge in [-0.15, -0.1) is 10.2 Å². The highest BCUT2D eigenvalue weighted by Gasteiger charge is 2.20. The zero-order valence-corrected chi connectivity index (χ0v) is 9.41. The fourth-order valence-corrected chi connectivity index (χ4v) is 2.18. The molecule has 0 atom stereocenters. The normalized spacial score (nSPS) is 12.1. The minimum Gasteiger partial charge on any atom is -0.372 e. The van der Waals surface area contributed by atoms with Crippen molar-refractivity contribution in [2.45, 2.75) is 13.3 Å². The summed E-state index contributed by atoms with van der Waals surface area (Å²) in [7, 11) is 1.86. The number of aryl methyl sites for hydroxylation is 1. The molecule has 1 heterocycles. The molecule has 0 aliphatic heterocycles. The molecule has 0 radical (unpaired) electrons. The highest BCUT2D eigenvalue weighted by Crippen LogP contribution is 2.35. The molecule has 3 nitrogen and oxygen atoms in total. The average Bonchev–Trinajstić information content (AvgIpc) is 2.66. The molecule has 1 aliphatic carbocycles. The van der Waals surface area contributed by atoms with Gasteiger partial charge in [-0.25, -0.2) is 0 Å². The largest absolute Gasteiger partial charge is 0.372 e. The van der Waals surface area contributed by atoms with Crippen LogP contribution in [0, 0.1) is 6.92 Å². The van der Waals surface area contributed by atoms with E-state index in [0.717, 1.165) is 17.9 Å². The van der Waals surface area contributed by atoms with Crippen LogP contribution < -0.4 is 5.32 Å². The molecule has 1 aromatic carbocycles. The number of hydrogen-bond acceptors (Lipinski definition) is 3. The molecule has 16 heavy (non-hydrogen) atoms. The summed E-state index contributed by atoms with van der Waals surface area (Å²) in [5.74, 6) is 0.836. The first-order valence-electron chi connectivity index (χ1n) is 5.42. The van der Waals surface area contributed by atoms with Crippen LogP contribution >= 0.6 is 0 Å². The monoisotopic (exact) mass is 211 g/mol. The standard InChI is InChI=1S/C13H13N3/c1-8-3-4-9-6-10-7-12(14-2)15-16-13(10)11(9)5-8/h3-5,7H,6H2,1-2H3,(H,14,15). The Bertz CT molecular complexity index is 561. The van der Waals surface area contributed by atoms with Crippen molar-refractivity contribution in [3.05, 3.63) is 41.0 Å². The summed E-state index contributed by atoms with van der Waals surface area (Å²) in [5.41, 5.74) is 6.16. The van der Waals surface area contributed by atoms with E-state index >= 15 is 0 Å². The smallest absolute Gasteiger partial charge is 0.148 e. The van der Waals surface area contributed by atoms with Crippen LogP contribution in [-0.2, 0) is 6.42 Å². The summed E-state index contributed by atoms with van der Waals surface area (Å²) >= 11 is 0. The Hall–Kier alpha value is -1.90. The van der Waals surface area contributed by atoms with Crippen molar-refractivity contribution in [2.24, 2.45) is 0 Å². The summed E-state index contributed by atoms with van der Waals surface area (Å²) in [5, 5.41) is 11.5. The molecule has 2 aromatic rings. The van der Waals surface area contributed by atoms with Crippen molar-refractivity contribution in [1.29, 1.82) is 0 Å². The van der Waals surface area contributed by atoms with Gasteiger partial charge >= 0.3 is 0 Å². The second-order valence-corrected chi connectivity index (χ2v) is 4.19. The van der Waals surface area contributed by atoms with E-state index in [1.54, 1.807) is 0 Å². The SMILES string of the molecule is CNc1cc2c(nn1)-c1cc(C)ccc1C2. The second kappa shape index (κ2) is 3.30. The van der Waals surface area contributed by atoms with Gasteiger partial charge < -0.3 is 5.32 Å². The van der Waals surface area contributed by atoms with Crippen molar-refractivity contribution in [1.82, 2.24) is 10.2 Å². The zero-order valence-electron chi connectivity index (χ0n) is 9.41. The molecule has 0 bridgehead atoms. The fourth-order valence-electron chi connectivity index (χ4n) is 2.18. The van der Waals surface area contributed by atoms with E-state index < -0.39 is 0 Å². The lowest BCUT2D eigenvalue weighted by atomic mass is 10.1. The van der Waals surface area contributed by atoms with E-state index in [0.29, 0.717) is 0 Å². The van der Waals surface area contributed by atoms with Gasteiger partial charge in [0.2, 0.25) is 0 Å². The first-order valence-corrected chi connectivity index (χ1v) is 5.42. The predicted molar refractivity (Wildman–Crippen MR) is 64.6 cm³/mol. The van der Waals surface area contributed by atoms with Gasteiger partial charge in [0.25, 0.3) is 0 Å². The molecule has 0 saturated carbocycles. The van der Waals surface area contributed by atoms with Gasteiger partial charge in [-0.05, 0) is 30.2 Å². The third-order valence-electron chi connectivity index (χ3n) is 3.03. The maximum atomic E-state index is 4.30. The van der Waals surface area contributed by atoms with E-state index in [1.807, 2.05) is 7.05 Å². The summed E-state index contributed by atoms with van der Waals surface area (Å²) in [6.07, 6.45) is 0.967. The first-order chi connectivity index (χ1) is 7.78. The van der Waals surface area contributed by atoms with Crippen molar-refractivity contribution in [2.75, 3.05) is 12.4 Å². The highest BCUT2D eigenvalue weighted by atomic mass is 15.2. The summed E-state index contributed by atoms with van der Waals surface area (Å²) in [6.45, 7) is 2.10. The van der Waals surface area contributed by atoms with Crippen LogP contribution in [0.15, 0.2) is 24.3 Å². The number of benzene rings is 1. The van der Waals surface area contributed by atoms with Crippen molar-refractivity contribution in [3.8, 4) is 11.3 Å². The zero-order chi connectivity index (χ0) is 11.1. The van der Waals surface area contributed by atoms with Crippen LogP contribution in [0.2, 0.25) is 0 Å². The maximum Gasteiger partial charge on any atom is 0.148 e. The quantitative estimate of drug-likeness (QED) is 0.671. The molecule has 0 unspecified atom stereocenters. The van der Waals surface area contributed by atoms with E-state index in [4.69, 9.17) is 0 Å². The molecule has 0 spiro atoms. The second-order valence-electron chi connectivity index (χ2n) is 4.19. The maximum absolute atomic E-state index is 4.30. The molecule has 1 aliphatic rings. The Morgan fingerprint density at radius 2 is 2.00 bits per heavy atom. The Labute approximate surface area is 94.5 Å². The summed E-state index contributed by atoms with van der Waals surface area (Å²) < 4.78 is 0. The topological polar surface area (TPSA) is 37.8 Å². The molecule has 1 aromatic heterocycles. The summed E-state index contributed by atoms with van der Waals surface area (Å²) in [6, 6.07) is 8.61. The Balaban J connectivity index is 2.18. The van der Waals surface area contributed by atoms with E-state index in [1.165, 1.54) is 22.3 Å². The number of aromatic nitrogens is 2. The Morgan fingerprint density at radius 3 is 2.81 bits per heavy atom. The molecule has 0 saturated heterocycles. The van der Waals surface area contributed by atoms with Crippen LogP contribution in [0.4, 0.5) is 5.82 Å². The molecular weight excluding hydrogens is 198 g/mol. The molecule has 1 N–H and O–H groups in total. The number of hydrogen-bond donors (Lipinski definition) is 1. The van der Waals surface area contributed by atoms with Crippen LogP contribution in [-0.4, -0.2) is 17.2 Å². The third kappa shape index (κ3) is 1.28. The average molecular weight is 211 g/mol. The predicted octanol–water partition coefficient (Wildman–Crippen LogP) is 2.40. The van der Waals surface area contributed by atoms with Crippen molar-refractivity contribution >= 4 is 5.82 Å². The Morgan fingerprint density at radius 1 is 1.12 bits per heavy atom. The van der Waals surface area contributed by atoms with Gasteiger partial charge in [-0.1, -0.05) is 17.7 Å². The number of fused-ring (bicyclic) bond motifs is 3. The van der Waals surface area contributed by atoms with E-state index in [2.05, 4.69) is 46.7 Å². The van der Waals surface area contributed by atoms with Gasteiger partial charge in [-0.3, -0.25) is 0 Å². The lowest BCUT2D eigenvalue weighted by Gasteiger charge is -2.02. The molecule has 0 fully saturated rings. The number of nitrogens with zero attached hydrogens (tertiary/aromatic N) is 2. The Kier molecular flexibility index (Phi) is 1.93. The van der Waals surface area contributed by atoms with E-state index in [9.17, 15) is 0 Å².